The maximum atomic E-state index is 5.99. The normalized spacial score (nSPS) is 12.2. The molecule has 1 rings (SSSR count). The van der Waals surface area contributed by atoms with E-state index in [1.54, 1.807) is 0 Å². The number of rotatable bonds is 5. The second kappa shape index (κ2) is 5.71. The van der Waals surface area contributed by atoms with E-state index >= 15 is 0 Å². The summed E-state index contributed by atoms with van der Waals surface area (Å²) in [6.07, 6.45) is 0. The summed E-state index contributed by atoms with van der Waals surface area (Å²) in [4.78, 5) is 2.31. The number of hydrogen-bond acceptors (Lipinski definition) is 2. The molecule has 0 amide bonds. The molecule has 0 aromatic heterocycles. The van der Waals surface area contributed by atoms with Gasteiger partial charge in [-0.05, 0) is 32.4 Å². The van der Waals surface area contributed by atoms with Crippen molar-refractivity contribution in [1.29, 1.82) is 0 Å². The van der Waals surface area contributed by atoms with Gasteiger partial charge in [0.05, 0.1) is 0 Å². The first kappa shape index (κ1) is 12.8. The molecule has 2 heteroatoms. The van der Waals surface area contributed by atoms with Crippen LogP contribution in [0.3, 0.4) is 0 Å². The molecule has 0 aliphatic carbocycles. The zero-order valence-corrected chi connectivity index (χ0v) is 10.5. The average Bonchev–Trinajstić information content (AvgIpc) is 2.25. The van der Waals surface area contributed by atoms with Crippen molar-refractivity contribution in [3.05, 3.63) is 42.0 Å². The zero-order valence-electron chi connectivity index (χ0n) is 10.5. The lowest BCUT2D eigenvalue weighted by atomic mass is 10.1. The van der Waals surface area contributed by atoms with Crippen molar-refractivity contribution in [3.63, 3.8) is 0 Å². The number of likely N-dealkylation sites (N-methyl/N-ethyl adjacent to an activating group) is 1. The Hall–Kier alpha value is -1.28. The van der Waals surface area contributed by atoms with Gasteiger partial charge in [-0.2, -0.15) is 0 Å². The van der Waals surface area contributed by atoms with Crippen molar-refractivity contribution in [1.82, 2.24) is 0 Å². The van der Waals surface area contributed by atoms with E-state index in [4.69, 9.17) is 5.73 Å². The highest BCUT2D eigenvalue weighted by Crippen LogP contribution is 2.25. The highest BCUT2D eigenvalue weighted by molar-refractivity contribution is 5.55. The Bertz CT molecular complexity index is 356. The molecule has 0 fully saturated rings. The molecule has 2 nitrogen and oxygen atoms in total. The Morgan fingerprint density at radius 3 is 2.56 bits per heavy atom. The van der Waals surface area contributed by atoms with Gasteiger partial charge in [0.1, 0.15) is 0 Å². The van der Waals surface area contributed by atoms with Crippen LogP contribution in [-0.4, -0.2) is 13.1 Å². The second-order valence-corrected chi connectivity index (χ2v) is 4.32. The molecular weight excluding hydrogens is 196 g/mol. The van der Waals surface area contributed by atoms with Gasteiger partial charge in [0.2, 0.25) is 0 Å². The quantitative estimate of drug-likeness (QED) is 0.769. The Kier molecular flexibility index (Phi) is 4.56. The number of anilines is 1. The van der Waals surface area contributed by atoms with Gasteiger partial charge in [-0.25, -0.2) is 0 Å². The highest BCUT2D eigenvalue weighted by Gasteiger charge is 2.11. The van der Waals surface area contributed by atoms with Gasteiger partial charge in [-0.15, -0.1) is 0 Å². The molecule has 1 aromatic rings. The Labute approximate surface area is 98.8 Å². The van der Waals surface area contributed by atoms with Crippen LogP contribution < -0.4 is 10.6 Å². The van der Waals surface area contributed by atoms with E-state index in [9.17, 15) is 0 Å². The number of para-hydroxylation sites is 1. The Morgan fingerprint density at radius 1 is 1.44 bits per heavy atom. The summed E-state index contributed by atoms with van der Waals surface area (Å²) in [6, 6.07) is 8.39. The monoisotopic (exact) mass is 218 g/mol. The van der Waals surface area contributed by atoms with Crippen molar-refractivity contribution in [3.8, 4) is 0 Å². The fourth-order valence-corrected chi connectivity index (χ4v) is 1.85. The van der Waals surface area contributed by atoms with Crippen LogP contribution in [0, 0.1) is 0 Å². The molecule has 0 saturated heterocycles. The Morgan fingerprint density at radius 2 is 2.06 bits per heavy atom. The van der Waals surface area contributed by atoms with E-state index in [1.807, 2.05) is 13.0 Å². The van der Waals surface area contributed by atoms with Gasteiger partial charge in [0.15, 0.2) is 0 Å². The van der Waals surface area contributed by atoms with Crippen LogP contribution in [-0.2, 0) is 0 Å². The number of nitrogens with zero attached hydrogens (tertiary/aromatic N) is 1. The molecule has 1 aromatic carbocycles. The summed E-state index contributed by atoms with van der Waals surface area (Å²) in [5.41, 5.74) is 9.58. The first-order valence-electron chi connectivity index (χ1n) is 5.80. The standard InChI is InChI=1S/C14H22N2/c1-5-16(10-11(2)3)14-9-7-6-8-13(14)12(4)15/h6-9,12H,2,5,10,15H2,1,3-4H3/t12-/m0/s1. The summed E-state index contributed by atoms with van der Waals surface area (Å²) in [5.74, 6) is 0. The third-order valence-electron chi connectivity index (χ3n) is 2.61. The molecule has 16 heavy (non-hydrogen) atoms. The smallest absolute Gasteiger partial charge is 0.0417 e. The van der Waals surface area contributed by atoms with Gasteiger partial charge < -0.3 is 10.6 Å². The minimum atomic E-state index is 0.0652. The van der Waals surface area contributed by atoms with Crippen LogP contribution in [0.1, 0.15) is 32.4 Å². The number of hydrogen-bond donors (Lipinski definition) is 1. The fraction of sp³-hybridized carbons (Fsp3) is 0.429. The molecule has 0 radical (unpaired) electrons. The van der Waals surface area contributed by atoms with Crippen molar-refractivity contribution in [2.45, 2.75) is 26.8 Å². The largest absolute Gasteiger partial charge is 0.368 e. The molecule has 0 saturated carbocycles. The van der Waals surface area contributed by atoms with E-state index in [2.05, 4.69) is 43.5 Å². The summed E-state index contributed by atoms with van der Waals surface area (Å²) in [7, 11) is 0. The van der Waals surface area contributed by atoms with Crippen LogP contribution in [0.4, 0.5) is 5.69 Å². The van der Waals surface area contributed by atoms with Crippen LogP contribution >= 0.6 is 0 Å². The fourth-order valence-electron chi connectivity index (χ4n) is 1.85. The van der Waals surface area contributed by atoms with E-state index in [0.717, 1.165) is 13.1 Å². The van der Waals surface area contributed by atoms with Crippen LogP contribution in [0.5, 0.6) is 0 Å². The highest BCUT2D eigenvalue weighted by atomic mass is 15.1. The van der Waals surface area contributed by atoms with Crippen LogP contribution in [0.15, 0.2) is 36.4 Å². The summed E-state index contributed by atoms with van der Waals surface area (Å²) >= 11 is 0. The van der Waals surface area contributed by atoms with Crippen molar-refractivity contribution in [2.24, 2.45) is 5.73 Å². The molecule has 88 valence electrons. The minimum Gasteiger partial charge on any atom is -0.368 e. The van der Waals surface area contributed by atoms with Gasteiger partial charge in [0.25, 0.3) is 0 Å². The molecular formula is C14H22N2. The van der Waals surface area contributed by atoms with Crippen molar-refractivity contribution >= 4 is 5.69 Å². The van der Waals surface area contributed by atoms with E-state index in [1.165, 1.54) is 16.8 Å². The molecule has 0 spiro atoms. The Balaban J connectivity index is 3.03. The lowest BCUT2D eigenvalue weighted by molar-refractivity contribution is 0.794. The number of benzene rings is 1. The lowest BCUT2D eigenvalue weighted by Gasteiger charge is -2.27. The minimum absolute atomic E-state index is 0.0652. The van der Waals surface area contributed by atoms with Gasteiger partial charge in [0, 0.05) is 24.8 Å². The lowest BCUT2D eigenvalue weighted by Crippen LogP contribution is -2.26. The van der Waals surface area contributed by atoms with Crippen LogP contribution in [0.2, 0.25) is 0 Å². The maximum Gasteiger partial charge on any atom is 0.0417 e. The predicted octanol–water partition coefficient (Wildman–Crippen LogP) is 3.11. The SMILES string of the molecule is C=C(C)CN(CC)c1ccccc1[C@H](C)N. The zero-order chi connectivity index (χ0) is 12.1. The van der Waals surface area contributed by atoms with Gasteiger partial charge in [-0.1, -0.05) is 30.4 Å². The molecule has 0 aliphatic rings. The van der Waals surface area contributed by atoms with Gasteiger partial charge in [-0.3, -0.25) is 0 Å². The molecule has 2 N–H and O–H groups in total. The summed E-state index contributed by atoms with van der Waals surface area (Å²) in [5, 5.41) is 0. The van der Waals surface area contributed by atoms with Crippen molar-refractivity contribution in [2.75, 3.05) is 18.0 Å². The molecule has 0 aliphatic heterocycles. The molecule has 0 bridgehead atoms. The third-order valence-corrected chi connectivity index (χ3v) is 2.61. The number of nitrogens with two attached hydrogens (primary N) is 1. The van der Waals surface area contributed by atoms with Crippen LogP contribution in [0.25, 0.3) is 0 Å². The third kappa shape index (κ3) is 3.11. The first-order chi connectivity index (χ1) is 7.56. The summed E-state index contributed by atoms with van der Waals surface area (Å²) in [6.45, 7) is 12.1. The van der Waals surface area contributed by atoms with Crippen molar-refractivity contribution < 1.29 is 0 Å². The topological polar surface area (TPSA) is 29.3 Å². The first-order valence-corrected chi connectivity index (χ1v) is 5.80. The molecule has 0 heterocycles. The second-order valence-electron chi connectivity index (χ2n) is 4.32. The van der Waals surface area contributed by atoms with E-state index in [0.29, 0.717) is 0 Å². The summed E-state index contributed by atoms with van der Waals surface area (Å²) < 4.78 is 0. The average molecular weight is 218 g/mol. The van der Waals surface area contributed by atoms with E-state index in [-0.39, 0.29) is 6.04 Å². The van der Waals surface area contributed by atoms with Gasteiger partial charge >= 0.3 is 0 Å². The van der Waals surface area contributed by atoms with E-state index < -0.39 is 0 Å². The molecule has 0 unspecified atom stereocenters. The maximum absolute atomic E-state index is 5.99. The predicted molar refractivity (Wildman–Crippen MR) is 71.7 cm³/mol. The molecule has 1 atom stereocenters.